The van der Waals surface area contributed by atoms with Crippen molar-refractivity contribution >= 4 is 23.4 Å². The molecule has 5 rings (SSSR count). The minimum absolute atomic E-state index is 0.153. The Bertz CT molecular complexity index is 1380. The summed E-state index contributed by atoms with van der Waals surface area (Å²) in [4.78, 5) is 12.6. The zero-order valence-corrected chi connectivity index (χ0v) is 20.3. The average Bonchev–Trinajstić information content (AvgIpc) is 3.60. The number of anilines is 1. The van der Waals surface area contributed by atoms with Gasteiger partial charge < -0.3 is 24.1 Å². The first-order valence-corrected chi connectivity index (χ1v) is 12.0. The van der Waals surface area contributed by atoms with Gasteiger partial charge in [-0.15, -0.1) is 10.2 Å². The normalized spacial score (nSPS) is 12.1. The van der Waals surface area contributed by atoms with Crippen LogP contribution < -0.4 is 19.5 Å². The topological polar surface area (TPSA) is 105 Å². The largest absolute Gasteiger partial charge is 0.497 e. The van der Waals surface area contributed by atoms with Gasteiger partial charge in [-0.3, -0.25) is 9.48 Å². The highest BCUT2D eigenvalue weighted by atomic mass is 32.2. The Morgan fingerprint density at radius 1 is 1.17 bits per heavy atom. The van der Waals surface area contributed by atoms with Gasteiger partial charge in [0.05, 0.1) is 18.4 Å². The molecule has 10 nitrogen and oxygen atoms in total. The van der Waals surface area contributed by atoms with Crippen LogP contribution in [-0.2, 0) is 18.4 Å². The number of fused-ring (bicyclic) bond motifs is 1. The second kappa shape index (κ2) is 9.71. The Labute approximate surface area is 206 Å². The van der Waals surface area contributed by atoms with Crippen LogP contribution in [-0.4, -0.2) is 50.1 Å². The summed E-state index contributed by atoms with van der Waals surface area (Å²) in [6.07, 6.45) is 1.92. The Hall–Kier alpha value is -3.99. The van der Waals surface area contributed by atoms with Crippen molar-refractivity contribution in [2.45, 2.75) is 18.6 Å². The highest BCUT2D eigenvalue weighted by Gasteiger charge is 2.21. The van der Waals surface area contributed by atoms with Crippen LogP contribution in [0.15, 0.2) is 53.8 Å². The third kappa shape index (κ3) is 4.67. The van der Waals surface area contributed by atoms with E-state index in [4.69, 9.17) is 14.2 Å². The summed E-state index contributed by atoms with van der Waals surface area (Å²) in [5.41, 5.74) is 3.20. The van der Waals surface area contributed by atoms with Crippen LogP contribution in [0.5, 0.6) is 17.2 Å². The minimum atomic E-state index is -0.153. The monoisotopic (exact) mass is 492 g/mol. The van der Waals surface area contributed by atoms with Crippen molar-refractivity contribution in [1.82, 2.24) is 24.5 Å². The number of carbonyl (C=O) groups excluding carboxylic acids is 1. The number of ether oxygens (including phenoxy) is 3. The van der Waals surface area contributed by atoms with Gasteiger partial charge in [-0.1, -0.05) is 23.9 Å². The van der Waals surface area contributed by atoms with Gasteiger partial charge in [0, 0.05) is 37.1 Å². The fourth-order valence-corrected chi connectivity index (χ4v) is 4.62. The maximum absolute atomic E-state index is 12.6. The van der Waals surface area contributed by atoms with Crippen LogP contribution in [0, 0.1) is 0 Å². The summed E-state index contributed by atoms with van der Waals surface area (Å²) < 4.78 is 19.8. The molecule has 0 fully saturated rings. The van der Waals surface area contributed by atoms with Crippen LogP contribution in [0.1, 0.15) is 6.92 Å². The zero-order chi connectivity index (χ0) is 24.4. The fourth-order valence-electron chi connectivity index (χ4n) is 3.82. The number of hydrogen-bond acceptors (Lipinski definition) is 8. The molecule has 180 valence electrons. The molecule has 1 aliphatic rings. The number of thioether (sulfide) groups is 1. The Morgan fingerprint density at radius 3 is 2.86 bits per heavy atom. The summed E-state index contributed by atoms with van der Waals surface area (Å²) in [7, 11) is 3.51. The lowest BCUT2D eigenvalue weighted by atomic mass is 10.1. The van der Waals surface area contributed by atoms with Crippen LogP contribution >= 0.6 is 11.8 Å². The molecule has 3 heterocycles. The number of rotatable bonds is 8. The number of aryl methyl sites for hydroxylation is 1. The van der Waals surface area contributed by atoms with E-state index in [1.807, 2.05) is 49.0 Å². The number of nitrogens with one attached hydrogen (secondary N) is 1. The molecule has 0 atom stereocenters. The average molecular weight is 493 g/mol. The molecular weight excluding hydrogens is 468 g/mol. The van der Waals surface area contributed by atoms with E-state index < -0.39 is 0 Å². The molecule has 0 aliphatic carbocycles. The van der Waals surface area contributed by atoms with Gasteiger partial charge in [-0.25, -0.2) is 0 Å². The third-order valence-corrected chi connectivity index (χ3v) is 6.40. The quantitative estimate of drug-likeness (QED) is 0.370. The summed E-state index contributed by atoms with van der Waals surface area (Å²) in [6.45, 7) is 2.85. The molecule has 0 spiro atoms. The highest BCUT2D eigenvalue weighted by molar-refractivity contribution is 7.99. The number of hydrogen-bond donors (Lipinski definition) is 1. The first-order valence-electron chi connectivity index (χ1n) is 11.0. The predicted octanol–water partition coefficient (Wildman–Crippen LogP) is 3.83. The summed E-state index contributed by atoms with van der Waals surface area (Å²) in [5, 5.41) is 17.0. The smallest absolute Gasteiger partial charge is 0.234 e. The Morgan fingerprint density at radius 2 is 2.03 bits per heavy atom. The molecular formula is C24H24N6O4S. The van der Waals surface area contributed by atoms with Crippen LogP contribution in [0.25, 0.3) is 22.6 Å². The molecule has 2 aromatic carbocycles. The maximum Gasteiger partial charge on any atom is 0.234 e. The van der Waals surface area contributed by atoms with Gasteiger partial charge >= 0.3 is 0 Å². The van der Waals surface area contributed by atoms with Crippen LogP contribution in [0.2, 0.25) is 0 Å². The molecule has 0 unspecified atom stereocenters. The zero-order valence-electron chi connectivity index (χ0n) is 19.5. The molecule has 4 aromatic rings. The van der Waals surface area contributed by atoms with E-state index >= 15 is 0 Å². The van der Waals surface area contributed by atoms with E-state index in [0.717, 1.165) is 22.6 Å². The lowest BCUT2D eigenvalue weighted by Crippen LogP contribution is -2.14. The molecule has 1 aliphatic heterocycles. The van der Waals surface area contributed by atoms with E-state index in [2.05, 4.69) is 20.6 Å². The first-order chi connectivity index (χ1) is 17.1. The van der Waals surface area contributed by atoms with Crippen LogP contribution in [0.4, 0.5) is 5.69 Å². The predicted molar refractivity (Wildman–Crippen MR) is 132 cm³/mol. The first kappa shape index (κ1) is 22.8. The Balaban J connectivity index is 1.34. The van der Waals surface area contributed by atoms with Crippen molar-refractivity contribution in [2.75, 3.05) is 25.0 Å². The second-order valence-corrected chi connectivity index (χ2v) is 8.69. The van der Waals surface area contributed by atoms with E-state index in [-0.39, 0.29) is 18.5 Å². The van der Waals surface area contributed by atoms with Crippen LogP contribution in [0.3, 0.4) is 0 Å². The van der Waals surface area contributed by atoms with Crippen molar-refractivity contribution in [3.63, 3.8) is 0 Å². The van der Waals surface area contributed by atoms with E-state index in [1.165, 1.54) is 11.8 Å². The maximum atomic E-state index is 12.6. The molecule has 11 heteroatoms. The standard InChI is InChI=1S/C24H24N6O4S/c1-4-30-23(18-12-29(2)28-22(18)15-6-5-7-17(10-15)32-3)26-27-24(30)35-13-21(31)25-16-8-9-19-20(11-16)34-14-33-19/h5-12H,4,13-14H2,1-3H3,(H,25,31). The van der Waals surface area contributed by atoms with Gasteiger partial charge in [0.2, 0.25) is 12.7 Å². The van der Waals surface area contributed by atoms with Gasteiger partial charge in [-0.2, -0.15) is 5.10 Å². The summed E-state index contributed by atoms with van der Waals surface area (Å²) in [5.74, 6) is 2.76. The number of aromatic nitrogens is 5. The van der Waals surface area contributed by atoms with Gasteiger partial charge in [-0.05, 0) is 31.2 Å². The summed E-state index contributed by atoms with van der Waals surface area (Å²) in [6, 6.07) is 13.1. The number of nitrogens with zero attached hydrogens (tertiary/aromatic N) is 5. The van der Waals surface area contributed by atoms with Gasteiger partial charge in [0.15, 0.2) is 22.5 Å². The summed E-state index contributed by atoms with van der Waals surface area (Å²) >= 11 is 1.33. The minimum Gasteiger partial charge on any atom is -0.497 e. The lowest BCUT2D eigenvalue weighted by molar-refractivity contribution is -0.113. The molecule has 1 N–H and O–H groups in total. The van der Waals surface area contributed by atoms with Crippen molar-refractivity contribution in [3.8, 4) is 39.9 Å². The second-order valence-electron chi connectivity index (χ2n) is 7.75. The lowest BCUT2D eigenvalue weighted by Gasteiger charge is -2.09. The Kier molecular flexibility index (Phi) is 6.32. The van der Waals surface area contributed by atoms with E-state index in [1.54, 1.807) is 30.0 Å². The highest BCUT2D eigenvalue weighted by Crippen LogP contribution is 2.35. The number of methoxy groups -OCH3 is 1. The van der Waals surface area contributed by atoms with E-state index in [0.29, 0.717) is 34.7 Å². The molecule has 1 amide bonds. The van der Waals surface area contributed by atoms with E-state index in [9.17, 15) is 4.79 Å². The third-order valence-electron chi connectivity index (χ3n) is 5.43. The SMILES string of the molecule is CCn1c(SCC(=O)Nc2ccc3c(c2)OCO3)nnc1-c1cn(C)nc1-c1cccc(OC)c1. The number of benzene rings is 2. The molecule has 0 bridgehead atoms. The van der Waals surface area contributed by atoms with Crippen molar-refractivity contribution in [2.24, 2.45) is 7.05 Å². The number of amides is 1. The van der Waals surface area contributed by atoms with Crippen molar-refractivity contribution in [1.29, 1.82) is 0 Å². The van der Waals surface area contributed by atoms with Gasteiger partial charge in [0.25, 0.3) is 0 Å². The van der Waals surface area contributed by atoms with Gasteiger partial charge in [0.1, 0.15) is 11.4 Å². The van der Waals surface area contributed by atoms with Crippen molar-refractivity contribution < 1.29 is 19.0 Å². The molecule has 0 radical (unpaired) electrons. The molecule has 2 aromatic heterocycles. The van der Waals surface area contributed by atoms with Crippen molar-refractivity contribution in [3.05, 3.63) is 48.7 Å². The molecule has 35 heavy (non-hydrogen) atoms. The fraction of sp³-hybridized carbons (Fsp3) is 0.250. The molecule has 0 saturated carbocycles. The number of carbonyl (C=O) groups is 1. The molecule has 0 saturated heterocycles.